The van der Waals surface area contributed by atoms with E-state index in [4.69, 9.17) is 11.5 Å². The molecule has 0 aromatic heterocycles. The third-order valence-corrected chi connectivity index (χ3v) is 2.80. The molecule has 0 heterocycles. The Morgan fingerprint density at radius 3 is 2.05 bits per heavy atom. The highest BCUT2D eigenvalue weighted by atomic mass is 16.2. The summed E-state index contributed by atoms with van der Waals surface area (Å²) in [6.45, 7) is 9.45. The van der Waals surface area contributed by atoms with Gasteiger partial charge in [0.2, 0.25) is 5.91 Å². The molecule has 124 valence electrons. The molecular formula is C14H30N4O3. The zero-order valence-electron chi connectivity index (χ0n) is 13.7. The Bertz CT molecular complexity index is 332. The number of rotatable bonds is 8. The Morgan fingerprint density at radius 1 is 1.14 bits per heavy atom. The van der Waals surface area contributed by atoms with E-state index in [1.165, 1.54) is 6.92 Å². The second-order valence-corrected chi connectivity index (χ2v) is 4.87. The normalized spacial score (nSPS) is 12.7. The van der Waals surface area contributed by atoms with Crippen molar-refractivity contribution in [2.24, 2.45) is 17.4 Å². The lowest BCUT2D eigenvalue weighted by Gasteiger charge is -2.20. The SMILES string of the molecule is CC.CC(=O)[C@H](CCCNC(N)=O)NC(=O)[C@@H](N)C(C)C. The van der Waals surface area contributed by atoms with Crippen LogP contribution in [-0.4, -0.2) is 36.3 Å². The monoisotopic (exact) mass is 302 g/mol. The number of hydrogen-bond donors (Lipinski definition) is 4. The summed E-state index contributed by atoms with van der Waals surface area (Å²) >= 11 is 0. The van der Waals surface area contributed by atoms with Gasteiger partial charge in [0.15, 0.2) is 5.78 Å². The highest BCUT2D eigenvalue weighted by Gasteiger charge is 2.22. The average Bonchev–Trinajstić information content (AvgIpc) is 2.42. The van der Waals surface area contributed by atoms with Crippen molar-refractivity contribution in [2.75, 3.05) is 6.54 Å². The lowest BCUT2D eigenvalue weighted by Crippen LogP contribution is -2.50. The molecule has 2 atom stereocenters. The molecule has 0 rings (SSSR count). The van der Waals surface area contributed by atoms with Crippen LogP contribution in [0.15, 0.2) is 0 Å². The number of primary amides is 1. The van der Waals surface area contributed by atoms with Crippen molar-refractivity contribution < 1.29 is 14.4 Å². The van der Waals surface area contributed by atoms with Gasteiger partial charge < -0.3 is 22.1 Å². The highest BCUT2D eigenvalue weighted by Crippen LogP contribution is 2.02. The quantitative estimate of drug-likeness (QED) is 0.487. The zero-order chi connectivity index (χ0) is 17.0. The maximum atomic E-state index is 11.8. The number of ketones is 1. The zero-order valence-corrected chi connectivity index (χ0v) is 13.7. The smallest absolute Gasteiger partial charge is 0.312 e. The highest BCUT2D eigenvalue weighted by molar-refractivity contribution is 5.89. The van der Waals surface area contributed by atoms with E-state index in [-0.39, 0.29) is 17.6 Å². The van der Waals surface area contributed by atoms with Gasteiger partial charge in [-0.3, -0.25) is 9.59 Å². The van der Waals surface area contributed by atoms with Gasteiger partial charge in [-0.2, -0.15) is 0 Å². The van der Waals surface area contributed by atoms with Crippen LogP contribution in [0.3, 0.4) is 0 Å². The Morgan fingerprint density at radius 2 is 1.67 bits per heavy atom. The van der Waals surface area contributed by atoms with Gasteiger partial charge in [-0.1, -0.05) is 27.7 Å². The van der Waals surface area contributed by atoms with Crippen molar-refractivity contribution in [2.45, 2.75) is 59.5 Å². The summed E-state index contributed by atoms with van der Waals surface area (Å²) < 4.78 is 0. The summed E-state index contributed by atoms with van der Waals surface area (Å²) in [5.41, 5.74) is 10.6. The summed E-state index contributed by atoms with van der Waals surface area (Å²) in [6.07, 6.45) is 0.983. The summed E-state index contributed by atoms with van der Waals surface area (Å²) in [7, 11) is 0. The lowest BCUT2D eigenvalue weighted by molar-refractivity contribution is -0.128. The van der Waals surface area contributed by atoms with E-state index < -0.39 is 18.1 Å². The summed E-state index contributed by atoms with van der Waals surface area (Å²) in [4.78, 5) is 33.7. The van der Waals surface area contributed by atoms with Gasteiger partial charge >= 0.3 is 6.03 Å². The molecule has 0 spiro atoms. The van der Waals surface area contributed by atoms with Gasteiger partial charge in [0.25, 0.3) is 0 Å². The van der Waals surface area contributed by atoms with E-state index in [1.807, 2.05) is 27.7 Å². The molecule has 0 fully saturated rings. The van der Waals surface area contributed by atoms with Crippen molar-refractivity contribution in [3.05, 3.63) is 0 Å². The molecule has 3 amide bonds. The molecule has 0 bridgehead atoms. The molecule has 0 aliphatic rings. The number of carbonyl (C=O) groups excluding carboxylic acids is 3. The van der Waals surface area contributed by atoms with Crippen molar-refractivity contribution in [1.29, 1.82) is 0 Å². The first kappa shape index (κ1) is 21.7. The first-order chi connectivity index (χ1) is 9.75. The Kier molecular flexibility index (Phi) is 12.5. The molecule has 7 nitrogen and oxygen atoms in total. The molecule has 0 saturated heterocycles. The Balaban J connectivity index is 0. The first-order valence-electron chi connectivity index (χ1n) is 7.35. The Labute approximate surface area is 127 Å². The topological polar surface area (TPSA) is 127 Å². The summed E-state index contributed by atoms with van der Waals surface area (Å²) in [5, 5.41) is 5.05. The predicted molar refractivity (Wildman–Crippen MR) is 83.6 cm³/mol. The molecule has 0 unspecified atom stereocenters. The van der Waals surface area contributed by atoms with Crippen molar-refractivity contribution in [3.8, 4) is 0 Å². The fourth-order valence-corrected chi connectivity index (χ4v) is 1.47. The van der Waals surface area contributed by atoms with Gasteiger partial charge in [0.1, 0.15) is 0 Å². The number of Topliss-reactive ketones (excluding diaryl/α,β-unsaturated/α-hetero) is 1. The van der Waals surface area contributed by atoms with E-state index in [1.54, 1.807) is 0 Å². The number of nitrogens with two attached hydrogens (primary N) is 2. The Hall–Kier alpha value is -1.63. The predicted octanol–water partition coefficient (Wildman–Crippen LogP) is 0.518. The molecule has 0 aliphatic carbocycles. The summed E-state index contributed by atoms with van der Waals surface area (Å²) in [5.74, 6) is -0.467. The number of amides is 3. The van der Waals surface area contributed by atoms with Gasteiger partial charge in [0, 0.05) is 6.54 Å². The third-order valence-electron chi connectivity index (χ3n) is 2.80. The van der Waals surface area contributed by atoms with Crippen LogP contribution in [0.4, 0.5) is 4.79 Å². The molecular weight excluding hydrogens is 272 g/mol. The minimum absolute atomic E-state index is 0.00383. The van der Waals surface area contributed by atoms with Crippen LogP contribution >= 0.6 is 0 Å². The minimum Gasteiger partial charge on any atom is -0.352 e. The molecule has 0 radical (unpaired) electrons. The van der Waals surface area contributed by atoms with Crippen LogP contribution in [0.2, 0.25) is 0 Å². The second kappa shape index (κ2) is 12.1. The second-order valence-electron chi connectivity index (χ2n) is 4.87. The van der Waals surface area contributed by atoms with E-state index in [2.05, 4.69) is 10.6 Å². The molecule has 6 N–H and O–H groups in total. The first-order valence-corrected chi connectivity index (χ1v) is 7.35. The van der Waals surface area contributed by atoms with Gasteiger partial charge in [-0.15, -0.1) is 0 Å². The van der Waals surface area contributed by atoms with Crippen molar-refractivity contribution in [1.82, 2.24) is 10.6 Å². The van der Waals surface area contributed by atoms with Crippen molar-refractivity contribution >= 4 is 17.7 Å². The average molecular weight is 302 g/mol. The number of nitrogens with one attached hydrogen (secondary N) is 2. The van der Waals surface area contributed by atoms with Gasteiger partial charge in [-0.05, 0) is 25.7 Å². The molecule has 21 heavy (non-hydrogen) atoms. The standard InChI is InChI=1S/C12H24N4O3.C2H6/c1-7(2)10(13)11(18)16-9(8(3)17)5-4-6-15-12(14)19;1-2/h7,9-10H,4-6,13H2,1-3H3,(H,16,18)(H3,14,15,19);1-2H3/t9-,10-;/m0./s1. The van der Waals surface area contributed by atoms with Crippen LogP contribution in [0.5, 0.6) is 0 Å². The van der Waals surface area contributed by atoms with E-state index in [0.717, 1.165) is 0 Å². The van der Waals surface area contributed by atoms with Crippen LogP contribution in [0.25, 0.3) is 0 Å². The van der Waals surface area contributed by atoms with Gasteiger partial charge in [-0.25, -0.2) is 4.79 Å². The maximum Gasteiger partial charge on any atom is 0.312 e. The van der Waals surface area contributed by atoms with Gasteiger partial charge in [0.05, 0.1) is 12.1 Å². The molecule has 7 heteroatoms. The molecule has 0 aromatic carbocycles. The van der Waals surface area contributed by atoms with E-state index >= 15 is 0 Å². The van der Waals surface area contributed by atoms with E-state index in [0.29, 0.717) is 19.4 Å². The molecule has 0 aliphatic heterocycles. The lowest BCUT2D eigenvalue weighted by atomic mass is 10.0. The number of hydrogen-bond acceptors (Lipinski definition) is 4. The largest absolute Gasteiger partial charge is 0.352 e. The molecule has 0 saturated carbocycles. The number of urea groups is 1. The van der Waals surface area contributed by atoms with Crippen LogP contribution in [-0.2, 0) is 9.59 Å². The fourth-order valence-electron chi connectivity index (χ4n) is 1.47. The minimum atomic E-state index is -0.634. The number of carbonyl (C=O) groups is 3. The van der Waals surface area contributed by atoms with E-state index in [9.17, 15) is 14.4 Å². The maximum absolute atomic E-state index is 11.8. The van der Waals surface area contributed by atoms with Crippen molar-refractivity contribution in [3.63, 3.8) is 0 Å². The third kappa shape index (κ3) is 10.8. The van der Waals surface area contributed by atoms with Crippen LogP contribution in [0.1, 0.15) is 47.5 Å². The summed E-state index contributed by atoms with van der Waals surface area (Å²) in [6, 6.07) is -1.82. The van der Waals surface area contributed by atoms with Crippen LogP contribution < -0.4 is 22.1 Å². The fraction of sp³-hybridized carbons (Fsp3) is 0.786. The van der Waals surface area contributed by atoms with Crippen LogP contribution in [0, 0.1) is 5.92 Å². The molecule has 0 aromatic rings.